The minimum absolute atomic E-state index is 0.0259. The number of carbonyl (C=O) groups is 1. The molecule has 0 saturated heterocycles. The fourth-order valence-electron chi connectivity index (χ4n) is 2.22. The first-order chi connectivity index (χ1) is 12.8. The minimum atomic E-state index is -3.02. The standard InChI is InChI=1S/C17H14Cl2F2N2O4/c18-11-6-23(25)7-12(19)15(11)22-16(24)10-3-4-13(27-17(20)21)14(5-10)26-8-9-1-2-9/h3-7,9,17,25H,1-2,8H2. The van der Waals surface area contributed by atoms with E-state index in [0.717, 1.165) is 25.2 Å². The lowest BCUT2D eigenvalue weighted by molar-refractivity contribution is -0.0515. The summed E-state index contributed by atoms with van der Waals surface area (Å²) in [5.41, 5.74) is 0.0790. The molecule has 1 aliphatic carbocycles. The Hall–Kier alpha value is -2.32. The number of aromatic nitrogens is 1. The molecule has 10 heteroatoms. The number of pyridine rings is 1. The lowest BCUT2D eigenvalue weighted by Gasteiger charge is -2.12. The molecule has 144 valence electrons. The van der Waals surface area contributed by atoms with Crippen LogP contribution in [0.15, 0.2) is 35.6 Å². The number of hydrogen-bond donors (Lipinski definition) is 1. The molecule has 0 aliphatic heterocycles. The van der Waals surface area contributed by atoms with Crippen molar-refractivity contribution in [2.24, 2.45) is 10.9 Å². The van der Waals surface area contributed by atoms with Crippen LogP contribution in [-0.4, -0.2) is 29.1 Å². The summed E-state index contributed by atoms with van der Waals surface area (Å²) in [6, 6.07) is 3.78. The second-order valence-electron chi connectivity index (χ2n) is 5.89. The van der Waals surface area contributed by atoms with Crippen molar-refractivity contribution >= 4 is 29.1 Å². The zero-order valence-corrected chi connectivity index (χ0v) is 15.3. The van der Waals surface area contributed by atoms with Crippen LogP contribution in [0.5, 0.6) is 11.5 Å². The number of hydrogen-bond acceptors (Lipinski definition) is 4. The van der Waals surface area contributed by atoms with E-state index in [4.69, 9.17) is 27.9 Å². The van der Waals surface area contributed by atoms with Gasteiger partial charge in [0.25, 0.3) is 5.91 Å². The van der Waals surface area contributed by atoms with Gasteiger partial charge >= 0.3 is 6.61 Å². The molecule has 2 aromatic rings. The van der Waals surface area contributed by atoms with Crippen LogP contribution < -0.4 is 14.8 Å². The highest BCUT2D eigenvalue weighted by Gasteiger charge is 2.23. The predicted molar refractivity (Wildman–Crippen MR) is 92.8 cm³/mol. The van der Waals surface area contributed by atoms with Gasteiger partial charge in [-0.2, -0.15) is 13.5 Å². The van der Waals surface area contributed by atoms with E-state index in [2.05, 4.69) is 9.73 Å². The van der Waals surface area contributed by atoms with Gasteiger partial charge < -0.3 is 14.7 Å². The maximum Gasteiger partial charge on any atom is 0.387 e. The predicted octanol–water partition coefficient (Wildman–Crippen LogP) is 4.16. The molecule has 1 N–H and O–H groups in total. The molecule has 0 unspecified atom stereocenters. The maximum atomic E-state index is 12.6. The number of alkyl halides is 2. The van der Waals surface area contributed by atoms with E-state index in [1.165, 1.54) is 18.2 Å². The SMILES string of the molecule is O=C(N=c1c(Cl)cn(O)cc1Cl)c1ccc(OC(F)F)c(OCC2CC2)c1. The molecule has 1 aromatic heterocycles. The smallest absolute Gasteiger partial charge is 0.387 e. The summed E-state index contributed by atoms with van der Waals surface area (Å²) < 4.78 is 35.7. The first-order valence-electron chi connectivity index (χ1n) is 7.90. The Morgan fingerprint density at radius 2 is 1.93 bits per heavy atom. The molecule has 0 bridgehead atoms. The molecule has 1 aliphatic rings. The summed E-state index contributed by atoms with van der Waals surface area (Å²) >= 11 is 11.9. The topological polar surface area (TPSA) is 73.1 Å². The Labute approximate surface area is 162 Å². The Morgan fingerprint density at radius 1 is 1.26 bits per heavy atom. The van der Waals surface area contributed by atoms with Crippen molar-refractivity contribution in [3.05, 3.63) is 51.6 Å². The van der Waals surface area contributed by atoms with E-state index in [-0.39, 0.29) is 32.5 Å². The zero-order chi connectivity index (χ0) is 19.6. The number of benzene rings is 1. The van der Waals surface area contributed by atoms with Gasteiger partial charge in [-0.15, -0.1) is 0 Å². The van der Waals surface area contributed by atoms with Gasteiger partial charge in [0.15, 0.2) is 11.5 Å². The van der Waals surface area contributed by atoms with Crippen LogP contribution in [0.2, 0.25) is 10.0 Å². The number of carbonyl (C=O) groups excluding carboxylic acids is 1. The second kappa shape index (κ2) is 8.14. The van der Waals surface area contributed by atoms with E-state index in [9.17, 15) is 18.8 Å². The monoisotopic (exact) mass is 418 g/mol. The van der Waals surface area contributed by atoms with E-state index >= 15 is 0 Å². The van der Waals surface area contributed by atoms with Crippen LogP contribution >= 0.6 is 23.2 Å². The van der Waals surface area contributed by atoms with Crippen LogP contribution in [-0.2, 0) is 0 Å². The highest BCUT2D eigenvalue weighted by molar-refractivity contribution is 6.34. The van der Waals surface area contributed by atoms with Crippen molar-refractivity contribution in [1.29, 1.82) is 0 Å². The van der Waals surface area contributed by atoms with Crippen molar-refractivity contribution < 1.29 is 28.3 Å². The second-order valence-corrected chi connectivity index (χ2v) is 6.71. The Balaban J connectivity index is 1.92. The highest BCUT2D eigenvalue weighted by Crippen LogP contribution is 2.34. The molecule has 0 atom stereocenters. The van der Waals surface area contributed by atoms with Crippen molar-refractivity contribution in [2.75, 3.05) is 6.61 Å². The quantitative estimate of drug-likeness (QED) is 0.714. The van der Waals surface area contributed by atoms with Gasteiger partial charge in [0.1, 0.15) is 5.36 Å². The number of ether oxygens (including phenoxy) is 2. The van der Waals surface area contributed by atoms with Crippen LogP contribution in [0.3, 0.4) is 0 Å². The number of amides is 1. The molecule has 6 nitrogen and oxygen atoms in total. The summed E-state index contributed by atoms with van der Waals surface area (Å²) in [4.78, 5) is 16.3. The maximum absolute atomic E-state index is 12.6. The summed E-state index contributed by atoms with van der Waals surface area (Å²) in [5.74, 6) is -0.476. The molecule has 0 radical (unpaired) electrons. The summed E-state index contributed by atoms with van der Waals surface area (Å²) in [7, 11) is 0. The van der Waals surface area contributed by atoms with Crippen LogP contribution in [0, 0.1) is 5.92 Å². The lowest BCUT2D eigenvalue weighted by Crippen LogP contribution is -2.13. The van der Waals surface area contributed by atoms with Gasteiger partial charge in [0.2, 0.25) is 0 Å². The van der Waals surface area contributed by atoms with Gasteiger partial charge in [0.05, 0.1) is 29.0 Å². The first-order valence-corrected chi connectivity index (χ1v) is 8.66. The molecule has 0 spiro atoms. The summed E-state index contributed by atoms with van der Waals surface area (Å²) in [6.45, 7) is -2.67. The number of halogens is 4. The fraction of sp³-hybridized carbons (Fsp3) is 0.294. The third-order valence-electron chi connectivity index (χ3n) is 3.74. The van der Waals surface area contributed by atoms with Crippen molar-refractivity contribution in [1.82, 2.24) is 4.73 Å². The van der Waals surface area contributed by atoms with Crippen molar-refractivity contribution in [3.8, 4) is 11.5 Å². The fourth-order valence-corrected chi connectivity index (χ4v) is 2.75. The average molecular weight is 419 g/mol. The van der Waals surface area contributed by atoms with Crippen LogP contribution in [0.1, 0.15) is 23.2 Å². The first kappa shape index (κ1) is 19.4. The average Bonchev–Trinajstić information content (AvgIpc) is 3.40. The molecular weight excluding hydrogens is 405 g/mol. The molecule has 1 fully saturated rings. The van der Waals surface area contributed by atoms with Crippen molar-refractivity contribution in [3.63, 3.8) is 0 Å². The third-order valence-corrected chi connectivity index (χ3v) is 4.29. The Kier molecular flexibility index (Phi) is 5.86. The van der Waals surface area contributed by atoms with Gasteiger partial charge in [-0.25, -0.2) is 4.99 Å². The molecule has 1 saturated carbocycles. The molecule has 1 heterocycles. The summed E-state index contributed by atoms with van der Waals surface area (Å²) in [6.07, 6.45) is 4.25. The molecule has 27 heavy (non-hydrogen) atoms. The largest absolute Gasteiger partial charge is 0.489 e. The lowest BCUT2D eigenvalue weighted by atomic mass is 10.2. The van der Waals surface area contributed by atoms with Gasteiger partial charge in [-0.05, 0) is 37.0 Å². The van der Waals surface area contributed by atoms with Crippen molar-refractivity contribution in [2.45, 2.75) is 19.5 Å². The van der Waals surface area contributed by atoms with E-state index < -0.39 is 12.5 Å². The van der Waals surface area contributed by atoms with Gasteiger partial charge in [-0.3, -0.25) is 4.79 Å². The molecular formula is C17H14Cl2F2N2O4. The van der Waals surface area contributed by atoms with Gasteiger partial charge in [-0.1, -0.05) is 23.2 Å². The highest BCUT2D eigenvalue weighted by atomic mass is 35.5. The third kappa shape index (κ3) is 5.11. The molecule has 1 amide bonds. The summed E-state index contributed by atoms with van der Waals surface area (Å²) in [5, 5.41) is 9.24. The van der Waals surface area contributed by atoms with Crippen LogP contribution in [0.4, 0.5) is 8.78 Å². The molecule has 1 aromatic carbocycles. The van der Waals surface area contributed by atoms with Crippen LogP contribution in [0.25, 0.3) is 0 Å². The number of nitrogens with zero attached hydrogens (tertiary/aromatic N) is 2. The van der Waals surface area contributed by atoms with E-state index in [1.807, 2.05) is 0 Å². The molecule has 3 rings (SSSR count). The van der Waals surface area contributed by atoms with E-state index in [0.29, 0.717) is 17.3 Å². The Morgan fingerprint density at radius 3 is 2.52 bits per heavy atom. The number of rotatable bonds is 6. The Bertz CT molecular complexity index is 903. The normalized spacial score (nSPS) is 13.5. The minimum Gasteiger partial charge on any atom is -0.489 e. The zero-order valence-electron chi connectivity index (χ0n) is 13.7. The van der Waals surface area contributed by atoms with Gasteiger partial charge in [0, 0.05) is 5.56 Å². The van der Waals surface area contributed by atoms with E-state index in [1.54, 1.807) is 0 Å².